The minimum Gasteiger partial charge on any atom is -0.507 e. The van der Waals surface area contributed by atoms with E-state index in [2.05, 4.69) is 10.5 Å². The van der Waals surface area contributed by atoms with Crippen LogP contribution in [0.4, 0.5) is 11.4 Å². The number of hydrazone groups is 1. The smallest absolute Gasteiger partial charge is 0.271 e. The molecule has 0 atom stereocenters. The summed E-state index contributed by atoms with van der Waals surface area (Å²) in [7, 11) is -4.23. The molecule has 3 aromatic carbocycles. The fourth-order valence-electron chi connectivity index (χ4n) is 2.95. The number of anilines is 1. The highest BCUT2D eigenvalue weighted by atomic mass is 32.2. The van der Waals surface area contributed by atoms with Gasteiger partial charge in [-0.15, -0.1) is 0 Å². The van der Waals surface area contributed by atoms with E-state index in [1.807, 2.05) is 0 Å². The molecule has 0 spiro atoms. The maximum absolute atomic E-state index is 13.3. The average molecular weight is 468 g/mol. The summed E-state index contributed by atoms with van der Waals surface area (Å²) in [5, 5.41) is 25.0. The van der Waals surface area contributed by atoms with Crippen LogP contribution in [0.15, 0.2) is 88.9 Å². The third kappa shape index (κ3) is 5.52. The number of sulfonamides is 1. The van der Waals surface area contributed by atoms with E-state index in [1.54, 1.807) is 31.2 Å². The Hall–Kier alpha value is -4.25. The molecule has 1 amide bonds. The number of benzene rings is 3. The first kappa shape index (κ1) is 23.4. The zero-order valence-corrected chi connectivity index (χ0v) is 18.3. The van der Waals surface area contributed by atoms with Crippen molar-refractivity contribution in [2.24, 2.45) is 5.10 Å². The van der Waals surface area contributed by atoms with E-state index in [4.69, 9.17) is 0 Å². The molecular formula is C22H20N4O6S. The lowest BCUT2D eigenvalue weighted by atomic mass is 10.1. The molecule has 0 saturated carbocycles. The van der Waals surface area contributed by atoms with E-state index in [0.717, 1.165) is 10.4 Å². The van der Waals surface area contributed by atoms with Crippen molar-refractivity contribution in [1.29, 1.82) is 0 Å². The van der Waals surface area contributed by atoms with Crippen LogP contribution in [-0.4, -0.2) is 36.6 Å². The third-order valence-electron chi connectivity index (χ3n) is 4.59. The van der Waals surface area contributed by atoms with E-state index in [1.165, 1.54) is 48.5 Å². The standard InChI is InChI=1S/C22H20N4O6S/c1-16(20-12-5-6-13-21(20)27)23-24-22(28)15-25(17-8-7-9-18(14-17)26(29)30)33(31,32)19-10-3-2-4-11-19/h2-14,27H,15H2,1H3,(H,24,28)/b23-16+. The Labute approximate surface area is 190 Å². The van der Waals surface area contributed by atoms with Crippen molar-refractivity contribution in [1.82, 2.24) is 5.43 Å². The molecule has 2 N–H and O–H groups in total. The van der Waals surface area contributed by atoms with Crippen molar-refractivity contribution >= 4 is 33.0 Å². The summed E-state index contributed by atoms with van der Waals surface area (Å²) in [5.41, 5.74) is 2.59. The predicted molar refractivity (Wildman–Crippen MR) is 123 cm³/mol. The molecule has 0 heterocycles. The minimum atomic E-state index is -4.23. The molecule has 0 aromatic heterocycles. The van der Waals surface area contributed by atoms with Crippen molar-refractivity contribution in [3.63, 3.8) is 0 Å². The number of phenolic OH excluding ortho intramolecular Hbond substituents is 1. The number of nitro groups is 1. The van der Waals surface area contributed by atoms with Crippen molar-refractivity contribution in [3.05, 3.63) is 94.5 Å². The Morgan fingerprint density at radius 2 is 1.73 bits per heavy atom. The number of non-ortho nitro benzene ring substituents is 1. The van der Waals surface area contributed by atoms with Gasteiger partial charge in [-0.05, 0) is 37.3 Å². The van der Waals surface area contributed by atoms with Gasteiger partial charge in [-0.3, -0.25) is 19.2 Å². The molecular weight excluding hydrogens is 448 g/mol. The van der Waals surface area contributed by atoms with Gasteiger partial charge < -0.3 is 5.11 Å². The number of nitro benzene ring substituents is 1. The largest absolute Gasteiger partial charge is 0.507 e. The van der Waals surface area contributed by atoms with E-state index in [-0.39, 0.29) is 22.0 Å². The van der Waals surface area contributed by atoms with Gasteiger partial charge in [0.2, 0.25) is 0 Å². The molecule has 3 aromatic rings. The fourth-order valence-corrected chi connectivity index (χ4v) is 4.38. The molecule has 0 fully saturated rings. The average Bonchev–Trinajstić information content (AvgIpc) is 2.81. The summed E-state index contributed by atoms with van der Waals surface area (Å²) in [6, 6.07) is 18.8. The minimum absolute atomic E-state index is 0.0297. The quantitative estimate of drug-likeness (QED) is 0.296. The second-order valence-corrected chi connectivity index (χ2v) is 8.71. The molecule has 3 rings (SSSR count). The Bertz CT molecular complexity index is 1310. The number of nitrogens with one attached hydrogen (secondary N) is 1. The molecule has 0 radical (unpaired) electrons. The Morgan fingerprint density at radius 1 is 1.06 bits per heavy atom. The first-order chi connectivity index (χ1) is 15.7. The van der Waals surface area contributed by atoms with E-state index < -0.39 is 27.4 Å². The number of hydrogen-bond acceptors (Lipinski definition) is 7. The van der Waals surface area contributed by atoms with Gasteiger partial charge in [-0.1, -0.05) is 36.4 Å². The fraction of sp³-hybridized carbons (Fsp3) is 0.0909. The molecule has 10 nitrogen and oxygen atoms in total. The summed E-state index contributed by atoms with van der Waals surface area (Å²) in [5.74, 6) is -0.811. The van der Waals surface area contributed by atoms with Crippen LogP contribution in [0.5, 0.6) is 5.75 Å². The molecule has 0 saturated heterocycles. The van der Waals surface area contributed by atoms with Gasteiger partial charge in [-0.25, -0.2) is 13.8 Å². The van der Waals surface area contributed by atoms with Crippen LogP contribution in [-0.2, 0) is 14.8 Å². The van der Waals surface area contributed by atoms with Gasteiger partial charge in [0.25, 0.3) is 21.6 Å². The highest BCUT2D eigenvalue weighted by molar-refractivity contribution is 7.92. The summed E-state index contributed by atoms with van der Waals surface area (Å²) < 4.78 is 27.3. The Kier molecular flexibility index (Phi) is 7.04. The number of aromatic hydroxyl groups is 1. The highest BCUT2D eigenvalue weighted by Gasteiger charge is 2.28. The second kappa shape index (κ2) is 9.92. The van der Waals surface area contributed by atoms with E-state index >= 15 is 0 Å². The SMILES string of the molecule is C/C(=N\NC(=O)CN(c1cccc([N+](=O)[O-])c1)S(=O)(=O)c1ccccc1)c1ccccc1O. The van der Waals surface area contributed by atoms with Crippen molar-refractivity contribution in [2.45, 2.75) is 11.8 Å². The molecule has 0 aliphatic rings. The Morgan fingerprint density at radius 3 is 2.39 bits per heavy atom. The summed E-state index contributed by atoms with van der Waals surface area (Å²) in [4.78, 5) is 23.1. The van der Waals surface area contributed by atoms with Gasteiger partial charge in [0.05, 0.1) is 21.2 Å². The number of carbonyl (C=O) groups is 1. The van der Waals surface area contributed by atoms with Gasteiger partial charge in [0, 0.05) is 17.7 Å². The second-order valence-electron chi connectivity index (χ2n) is 6.85. The summed E-state index contributed by atoms with van der Waals surface area (Å²) >= 11 is 0. The molecule has 33 heavy (non-hydrogen) atoms. The molecule has 0 unspecified atom stereocenters. The van der Waals surface area contributed by atoms with Gasteiger partial charge in [-0.2, -0.15) is 5.10 Å². The first-order valence-electron chi connectivity index (χ1n) is 9.64. The molecule has 11 heteroatoms. The van der Waals surface area contributed by atoms with Crippen LogP contribution in [0.1, 0.15) is 12.5 Å². The van der Waals surface area contributed by atoms with Gasteiger partial charge in [0.15, 0.2) is 0 Å². The number of para-hydroxylation sites is 1. The maximum atomic E-state index is 13.3. The Balaban J connectivity index is 1.92. The number of carbonyl (C=O) groups excluding carboxylic acids is 1. The summed E-state index contributed by atoms with van der Waals surface area (Å²) in [6.45, 7) is 0.879. The number of rotatable bonds is 8. The number of nitrogens with zero attached hydrogens (tertiary/aromatic N) is 3. The third-order valence-corrected chi connectivity index (χ3v) is 6.38. The van der Waals surface area contributed by atoms with E-state index in [9.17, 15) is 28.4 Å². The van der Waals surface area contributed by atoms with Crippen molar-refractivity contribution in [3.8, 4) is 5.75 Å². The molecule has 0 bridgehead atoms. The summed E-state index contributed by atoms with van der Waals surface area (Å²) in [6.07, 6.45) is 0. The van der Waals surface area contributed by atoms with Crippen LogP contribution in [0.2, 0.25) is 0 Å². The van der Waals surface area contributed by atoms with Crippen molar-refractivity contribution < 1.29 is 23.2 Å². The molecule has 0 aliphatic heterocycles. The highest BCUT2D eigenvalue weighted by Crippen LogP contribution is 2.26. The number of amides is 1. The predicted octanol–water partition coefficient (Wildman–Crippen LogP) is 3.04. The van der Waals surface area contributed by atoms with Crippen LogP contribution < -0.4 is 9.73 Å². The normalized spacial score (nSPS) is 11.6. The lowest BCUT2D eigenvalue weighted by Gasteiger charge is -2.23. The maximum Gasteiger partial charge on any atom is 0.271 e. The van der Waals surface area contributed by atoms with Crippen LogP contribution in [0.3, 0.4) is 0 Å². The van der Waals surface area contributed by atoms with Crippen molar-refractivity contribution in [2.75, 3.05) is 10.8 Å². The first-order valence-corrected chi connectivity index (χ1v) is 11.1. The zero-order valence-electron chi connectivity index (χ0n) is 17.5. The van der Waals surface area contributed by atoms with Gasteiger partial charge >= 0.3 is 0 Å². The van der Waals surface area contributed by atoms with Crippen LogP contribution in [0, 0.1) is 10.1 Å². The lowest BCUT2D eigenvalue weighted by molar-refractivity contribution is -0.384. The van der Waals surface area contributed by atoms with Crippen LogP contribution >= 0.6 is 0 Å². The topological polar surface area (TPSA) is 142 Å². The molecule has 0 aliphatic carbocycles. The molecule has 170 valence electrons. The number of phenols is 1. The van der Waals surface area contributed by atoms with E-state index in [0.29, 0.717) is 11.3 Å². The van der Waals surface area contributed by atoms with Crippen LogP contribution in [0.25, 0.3) is 0 Å². The number of hydrogen-bond donors (Lipinski definition) is 2. The lowest BCUT2D eigenvalue weighted by Crippen LogP contribution is -2.39. The zero-order chi connectivity index (χ0) is 24.0. The monoisotopic (exact) mass is 468 g/mol. The van der Waals surface area contributed by atoms with Gasteiger partial charge in [0.1, 0.15) is 12.3 Å².